The van der Waals surface area contributed by atoms with E-state index in [1.54, 1.807) is 18.3 Å². The van der Waals surface area contributed by atoms with E-state index >= 15 is 8.78 Å². The molecule has 15 nitrogen and oxygen atoms in total. The third-order valence-corrected chi connectivity index (χ3v) is 14.0. The number of benzene rings is 3. The fraction of sp³-hybridized carbons (Fsp3) is 0.356. The van der Waals surface area contributed by atoms with Crippen molar-refractivity contribution >= 4 is 56.1 Å². The zero-order valence-electron chi connectivity index (χ0n) is 34.5. The van der Waals surface area contributed by atoms with Crippen LogP contribution in [0.2, 0.25) is 0 Å². The first kappa shape index (κ1) is 43.1. The highest BCUT2D eigenvalue weighted by Crippen LogP contribution is 2.32. The van der Waals surface area contributed by atoms with E-state index in [1.807, 2.05) is 41.1 Å². The predicted octanol–water partition coefficient (Wildman–Crippen LogP) is 4.32. The van der Waals surface area contributed by atoms with Crippen molar-refractivity contribution in [3.63, 3.8) is 0 Å². The number of rotatable bonds is 13. The van der Waals surface area contributed by atoms with Crippen LogP contribution < -0.4 is 14.9 Å². The zero-order chi connectivity index (χ0) is 44.9. The van der Waals surface area contributed by atoms with Gasteiger partial charge in [-0.2, -0.15) is 12.7 Å². The molecule has 4 aliphatic rings. The zero-order valence-corrected chi connectivity index (χ0v) is 35.3. The van der Waals surface area contributed by atoms with Gasteiger partial charge in [-0.1, -0.05) is 24.3 Å². The Kier molecular flexibility index (Phi) is 11.7. The molecule has 0 spiro atoms. The number of nitrogens with zero attached hydrogens (tertiary/aromatic N) is 5. The van der Waals surface area contributed by atoms with Gasteiger partial charge in [0.2, 0.25) is 17.6 Å². The van der Waals surface area contributed by atoms with E-state index in [0.29, 0.717) is 54.5 Å². The highest BCUT2D eigenvalue weighted by molar-refractivity contribution is 7.90. The monoisotopic (exact) mass is 898 g/mol. The molecule has 0 unspecified atom stereocenters. The molecule has 2 aromatic heterocycles. The molecule has 3 atom stereocenters. The number of aromatic nitrogens is 2. The summed E-state index contributed by atoms with van der Waals surface area (Å²) in [4.78, 5) is 64.1. The lowest BCUT2D eigenvalue weighted by molar-refractivity contribution is -0.136. The number of aromatic amines is 1. The van der Waals surface area contributed by atoms with Gasteiger partial charge in [-0.05, 0) is 78.8 Å². The van der Waals surface area contributed by atoms with E-state index in [0.717, 1.165) is 65.0 Å². The van der Waals surface area contributed by atoms with Gasteiger partial charge in [-0.15, -0.1) is 0 Å². The summed E-state index contributed by atoms with van der Waals surface area (Å²) in [5, 5.41) is 13.6. The van der Waals surface area contributed by atoms with Crippen molar-refractivity contribution in [1.29, 1.82) is 0 Å². The quantitative estimate of drug-likeness (QED) is 0.0980. The Hall–Kier alpha value is -6.15. The number of aryl methyl sites for hydroxylation is 1. The van der Waals surface area contributed by atoms with Crippen molar-refractivity contribution in [3.8, 4) is 11.1 Å². The fourth-order valence-corrected chi connectivity index (χ4v) is 10.3. The number of halogens is 3. The second kappa shape index (κ2) is 17.4. The van der Waals surface area contributed by atoms with E-state index in [1.165, 1.54) is 11.1 Å². The molecule has 3 fully saturated rings. The Morgan fingerprint density at radius 1 is 0.953 bits per heavy atom. The number of nitrogens with one attached hydrogen (secondary N) is 3. The molecular formula is C45H45F3N8O7S. The average Bonchev–Trinajstić information content (AvgIpc) is 4.01. The SMILES string of the molecule is O=C1CC[C@@H](N2Cc3cc(CC[C@H](O)CN4CCN(c5ccc(-c6cnc7[nH]cc(C(=O)c8c(F)ccc(NS(=O)(=O)N9CC[C@@H](F)C9)c8F)c7c6)cc5)CC4)ccc3C2=O)C(=O)N1. The van der Waals surface area contributed by atoms with Crippen LogP contribution in [0.25, 0.3) is 22.2 Å². The molecule has 334 valence electrons. The molecule has 4 N–H and O–H groups in total. The molecule has 19 heteroatoms. The largest absolute Gasteiger partial charge is 0.392 e. The van der Waals surface area contributed by atoms with Gasteiger partial charge in [0.1, 0.15) is 23.7 Å². The van der Waals surface area contributed by atoms with Crippen LogP contribution in [0.5, 0.6) is 0 Å². The van der Waals surface area contributed by atoms with Crippen LogP contribution >= 0.6 is 0 Å². The molecular weight excluding hydrogens is 854 g/mol. The number of aliphatic hydroxyl groups excluding tert-OH is 1. The van der Waals surface area contributed by atoms with Gasteiger partial charge in [0.15, 0.2) is 5.82 Å². The van der Waals surface area contributed by atoms with Gasteiger partial charge >= 0.3 is 10.2 Å². The van der Waals surface area contributed by atoms with E-state index in [4.69, 9.17) is 0 Å². The number of anilines is 2. The number of imide groups is 1. The fourth-order valence-electron chi connectivity index (χ4n) is 8.99. The van der Waals surface area contributed by atoms with Crippen LogP contribution in [0.15, 0.2) is 73.1 Å². The van der Waals surface area contributed by atoms with Gasteiger partial charge in [0.25, 0.3) is 5.91 Å². The molecule has 0 aliphatic carbocycles. The van der Waals surface area contributed by atoms with E-state index in [2.05, 4.69) is 25.1 Å². The maximum absolute atomic E-state index is 15.7. The molecule has 64 heavy (non-hydrogen) atoms. The number of carbonyl (C=O) groups excluding carboxylic acids is 4. The number of fused-ring (bicyclic) bond motifs is 2. The average molecular weight is 899 g/mol. The number of ketones is 1. The van der Waals surface area contributed by atoms with Gasteiger partial charge in [-0.25, -0.2) is 18.2 Å². The molecule has 4 aliphatic heterocycles. The summed E-state index contributed by atoms with van der Waals surface area (Å²) in [5.41, 5.74) is 3.47. The normalized spacial score (nSPS) is 20.2. The standard InChI is InChI=1S/C45H45F3N8O7S/c46-30-13-14-55(24-30)64(62,63)52-37-10-9-36(47)40(41(37)48)42(59)35-22-50-43-34(35)20-28(21-49-43)27-3-5-31(6-4-27)54-17-15-53(16-18-54)25-32(57)7-1-26-2-8-33-29(19-26)23-56(45(33)61)38-11-12-39(58)51-44(38)60/h2-6,8-10,19-22,30,32,38,52,57H,1,7,11-18,23-25H2,(H,49,50)(H,51,58,60)/t30-,32+,38-/m1/s1. The first-order chi connectivity index (χ1) is 30.7. The van der Waals surface area contributed by atoms with E-state index in [-0.39, 0.29) is 36.8 Å². The summed E-state index contributed by atoms with van der Waals surface area (Å²) < 4.78 is 73.0. The molecule has 5 aromatic rings. The number of H-pyrrole nitrogens is 1. The Bertz CT molecular complexity index is 2780. The second-order valence-electron chi connectivity index (χ2n) is 16.7. The lowest BCUT2D eigenvalue weighted by Gasteiger charge is -2.37. The highest BCUT2D eigenvalue weighted by Gasteiger charge is 2.39. The molecule has 6 heterocycles. The minimum Gasteiger partial charge on any atom is -0.392 e. The minimum absolute atomic E-state index is 0.00482. The van der Waals surface area contributed by atoms with Crippen LogP contribution in [0.3, 0.4) is 0 Å². The van der Waals surface area contributed by atoms with Crippen molar-refractivity contribution in [2.75, 3.05) is 55.4 Å². The first-order valence-corrected chi connectivity index (χ1v) is 22.6. The molecule has 3 amide bonds. The highest BCUT2D eigenvalue weighted by atomic mass is 32.2. The van der Waals surface area contributed by atoms with E-state index in [9.17, 15) is 37.1 Å². The summed E-state index contributed by atoms with van der Waals surface area (Å²) >= 11 is 0. The third-order valence-electron chi connectivity index (χ3n) is 12.5. The second-order valence-corrected chi connectivity index (χ2v) is 18.4. The van der Waals surface area contributed by atoms with Crippen molar-refractivity contribution in [3.05, 3.63) is 113 Å². The maximum Gasteiger partial charge on any atom is 0.301 e. The summed E-state index contributed by atoms with van der Waals surface area (Å²) in [6, 6.07) is 16.1. The van der Waals surface area contributed by atoms with Crippen LogP contribution in [0.4, 0.5) is 24.5 Å². The number of alkyl halides is 1. The number of pyridine rings is 1. The number of aliphatic hydroxyl groups is 1. The van der Waals surface area contributed by atoms with Crippen LogP contribution in [0, 0.1) is 11.6 Å². The van der Waals surface area contributed by atoms with Crippen molar-refractivity contribution in [1.82, 2.24) is 29.4 Å². The molecule has 9 rings (SSSR count). The summed E-state index contributed by atoms with van der Waals surface area (Å²) in [6.45, 7) is 3.29. The van der Waals surface area contributed by atoms with Crippen LogP contribution in [0.1, 0.15) is 63.1 Å². The van der Waals surface area contributed by atoms with Gasteiger partial charge in [-0.3, -0.25) is 34.1 Å². The topological polar surface area (TPSA) is 188 Å². The van der Waals surface area contributed by atoms with E-state index < -0.39 is 69.6 Å². The molecule has 0 saturated carbocycles. The van der Waals surface area contributed by atoms with Crippen LogP contribution in [-0.4, -0.2) is 125 Å². The van der Waals surface area contributed by atoms with Crippen molar-refractivity contribution < 1.29 is 45.9 Å². The number of hydrogen-bond acceptors (Lipinski definition) is 10. The third kappa shape index (κ3) is 8.59. The lowest BCUT2D eigenvalue weighted by Crippen LogP contribution is -2.52. The van der Waals surface area contributed by atoms with Gasteiger partial charge < -0.3 is 19.9 Å². The van der Waals surface area contributed by atoms with Crippen molar-refractivity contribution in [2.45, 2.75) is 57.0 Å². The number of piperidine rings is 1. The van der Waals surface area contributed by atoms with Gasteiger partial charge in [0, 0.05) is 98.9 Å². The van der Waals surface area contributed by atoms with Crippen molar-refractivity contribution in [2.24, 2.45) is 0 Å². The van der Waals surface area contributed by atoms with Gasteiger partial charge in [0.05, 0.1) is 17.4 Å². The molecule has 3 aromatic carbocycles. The number of piperazine rings is 1. The minimum atomic E-state index is -4.37. The van der Waals surface area contributed by atoms with Crippen LogP contribution in [-0.2, 0) is 32.8 Å². The number of β-amino-alcohol motifs (C(OH)–C–C–N with tert-alkyl or cyclic N) is 1. The number of hydrogen-bond donors (Lipinski definition) is 4. The summed E-state index contributed by atoms with van der Waals surface area (Å²) in [7, 11) is -4.37. The Labute approximate surface area is 366 Å². The maximum atomic E-state index is 15.7. The Balaban J connectivity index is 0.789. The Morgan fingerprint density at radius 3 is 2.47 bits per heavy atom. The smallest absolute Gasteiger partial charge is 0.301 e. The molecule has 3 saturated heterocycles. The Morgan fingerprint density at radius 2 is 1.73 bits per heavy atom. The first-order valence-electron chi connectivity index (χ1n) is 21.2. The molecule has 0 bridgehead atoms. The number of carbonyl (C=O) groups is 4. The summed E-state index contributed by atoms with van der Waals surface area (Å²) in [5.74, 6) is -4.59. The summed E-state index contributed by atoms with van der Waals surface area (Å²) in [6.07, 6.45) is 2.66. The molecule has 0 radical (unpaired) electrons. The lowest BCUT2D eigenvalue weighted by atomic mass is 9.99. The number of amides is 3. The predicted molar refractivity (Wildman–Crippen MR) is 230 cm³/mol.